The van der Waals surface area contributed by atoms with Crippen LogP contribution in [0.3, 0.4) is 0 Å². The monoisotopic (exact) mass is 435 g/mol. The largest absolute Gasteiger partial charge is 0.422 e. The van der Waals surface area contributed by atoms with Crippen molar-refractivity contribution in [1.82, 2.24) is 9.97 Å². The Morgan fingerprint density at radius 1 is 1.10 bits per heavy atom. The van der Waals surface area contributed by atoms with E-state index in [4.69, 9.17) is 4.42 Å². The Hall–Kier alpha value is -2.93. The molecule has 1 aliphatic rings. The summed E-state index contributed by atoms with van der Waals surface area (Å²) in [6.45, 7) is 10.1. The van der Waals surface area contributed by atoms with Gasteiger partial charge >= 0.3 is 5.63 Å². The molecule has 0 fully saturated rings. The van der Waals surface area contributed by atoms with Crippen molar-refractivity contribution in [1.29, 1.82) is 0 Å². The Morgan fingerprint density at radius 3 is 2.45 bits per heavy atom. The molecule has 0 bridgehead atoms. The topological polar surface area (TPSA) is 76.3 Å². The minimum Gasteiger partial charge on any atom is -0.422 e. The maximum Gasteiger partial charge on any atom is 0.347 e. The minimum absolute atomic E-state index is 0.0513. The number of fused-ring (bicyclic) bond motifs is 2. The summed E-state index contributed by atoms with van der Waals surface area (Å²) in [7, 11) is 2.02. The van der Waals surface area contributed by atoms with E-state index in [1.807, 2.05) is 39.1 Å². The van der Waals surface area contributed by atoms with Crippen molar-refractivity contribution in [3.8, 4) is 0 Å². The number of carbonyl (C=O) groups is 1. The predicted molar refractivity (Wildman–Crippen MR) is 125 cm³/mol. The number of likely N-dealkylation sites (N-methyl/N-ethyl adjacent to an activating group) is 1. The zero-order valence-electron chi connectivity index (χ0n) is 18.6. The van der Waals surface area contributed by atoms with Crippen LogP contribution in [0, 0.1) is 13.8 Å². The molecule has 0 radical (unpaired) electrons. The van der Waals surface area contributed by atoms with Crippen LogP contribution in [0.15, 0.2) is 44.7 Å². The van der Waals surface area contributed by atoms with Gasteiger partial charge in [-0.15, -0.1) is 0 Å². The first-order valence-corrected chi connectivity index (χ1v) is 11.1. The highest BCUT2D eigenvalue weighted by Crippen LogP contribution is 2.39. The van der Waals surface area contributed by atoms with Gasteiger partial charge < -0.3 is 9.32 Å². The fourth-order valence-corrected chi connectivity index (χ4v) is 4.76. The van der Waals surface area contributed by atoms with E-state index in [0.717, 1.165) is 33.6 Å². The summed E-state index contributed by atoms with van der Waals surface area (Å²) in [6, 6.07) is 7.39. The number of aromatic nitrogens is 2. The van der Waals surface area contributed by atoms with E-state index >= 15 is 0 Å². The van der Waals surface area contributed by atoms with Gasteiger partial charge in [0.25, 0.3) is 0 Å². The Balaban J connectivity index is 1.68. The van der Waals surface area contributed by atoms with Gasteiger partial charge in [-0.05, 0) is 58.4 Å². The molecule has 1 aromatic carbocycles. The number of thioether (sulfide) groups is 1. The van der Waals surface area contributed by atoms with Crippen LogP contribution in [-0.2, 0) is 0 Å². The first kappa shape index (κ1) is 21.3. The van der Waals surface area contributed by atoms with Crippen molar-refractivity contribution >= 4 is 39.8 Å². The van der Waals surface area contributed by atoms with Gasteiger partial charge in [-0.2, -0.15) is 0 Å². The number of hydrogen-bond acceptors (Lipinski definition) is 7. The summed E-state index contributed by atoms with van der Waals surface area (Å²) in [6.07, 6.45) is 2.22. The van der Waals surface area contributed by atoms with Gasteiger partial charge in [0, 0.05) is 41.1 Å². The number of carbonyl (C=O) groups excluding carboxylic acids is 1. The molecule has 3 heterocycles. The third-order valence-corrected chi connectivity index (χ3v) is 6.51. The van der Waals surface area contributed by atoms with E-state index in [-0.39, 0.29) is 22.6 Å². The lowest BCUT2D eigenvalue weighted by Crippen LogP contribution is -2.42. The van der Waals surface area contributed by atoms with E-state index in [0.29, 0.717) is 10.7 Å². The summed E-state index contributed by atoms with van der Waals surface area (Å²) < 4.78 is 5.56. The second-order valence-corrected chi connectivity index (χ2v) is 9.48. The average Bonchev–Trinajstić information content (AvgIpc) is 2.68. The lowest BCUT2D eigenvalue weighted by molar-refractivity contribution is 0.101. The van der Waals surface area contributed by atoms with Gasteiger partial charge in [-0.1, -0.05) is 17.8 Å². The summed E-state index contributed by atoms with van der Waals surface area (Å²) >= 11 is 1.22. The fourth-order valence-electron chi connectivity index (χ4n) is 3.92. The van der Waals surface area contributed by atoms with Gasteiger partial charge in [0.05, 0.1) is 11.3 Å². The van der Waals surface area contributed by atoms with Crippen LogP contribution in [0.2, 0.25) is 0 Å². The molecule has 6 nitrogen and oxygen atoms in total. The SMILES string of the molecule is CC1=CC(C)(C)N(C)c2cc3oc(=O)c(C(=O)CSc4nc(C)cc(C)n4)cc3cc21. The molecule has 160 valence electrons. The van der Waals surface area contributed by atoms with Crippen LogP contribution in [0.5, 0.6) is 0 Å². The van der Waals surface area contributed by atoms with E-state index < -0.39 is 5.63 Å². The molecule has 0 N–H and O–H groups in total. The lowest BCUT2D eigenvalue weighted by Gasteiger charge is -2.40. The molecule has 0 unspecified atom stereocenters. The maximum absolute atomic E-state index is 12.8. The maximum atomic E-state index is 12.8. The summed E-state index contributed by atoms with van der Waals surface area (Å²) in [5.74, 6) is -0.230. The quantitative estimate of drug-likeness (QED) is 0.252. The van der Waals surface area contributed by atoms with E-state index in [2.05, 4.69) is 41.7 Å². The molecule has 7 heteroatoms. The van der Waals surface area contributed by atoms with Crippen molar-refractivity contribution in [3.05, 3.63) is 63.3 Å². The van der Waals surface area contributed by atoms with Crippen LogP contribution in [0.4, 0.5) is 5.69 Å². The highest BCUT2D eigenvalue weighted by Gasteiger charge is 2.29. The van der Waals surface area contributed by atoms with E-state index in [9.17, 15) is 9.59 Å². The molecule has 31 heavy (non-hydrogen) atoms. The van der Waals surface area contributed by atoms with E-state index in [1.165, 1.54) is 11.8 Å². The summed E-state index contributed by atoms with van der Waals surface area (Å²) in [5.41, 5.74) is 4.67. The number of anilines is 1. The van der Waals surface area contributed by atoms with Crippen molar-refractivity contribution < 1.29 is 9.21 Å². The first-order valence-electron chi connectivity index (χ1n) is 10.1. The van der Waals surface area contributed by atoms with Crippen molar-refractivity contribution in [2.45, 2.75) is 45.3 Å². The van der Waals surface area contributed by atoms with Gasteiger partial charge in [-0.3, -0.25) is 4.79 Å². The molecule has 4 rings (SSSR count). The molecule has 0 saturated carbocycles. The molecule has 3 aromatic rings. The molecule has 0 aliphatic carbocycles. The lowest BCUT2D eigenvalue weighted by atomic mass is 9.88. The number of benzene rings is 1. The normalized spacial score (nSPS) is 15.0. The molecular weight excluding hydrogens is 410 g/mol. The number of ketones is 1. The van der Waals surface area contributed by atoms with Crippen molar-refractivity contribution in [3.63, 3.8) is 0 Å². The van der Waals surface area contributed by atoms with Crippen LogP contribution in [0.25, 0.3) is 16.5 Å². The minimum atomic E-state index is -0.621. The number of Topliss-reactive ketones (excluding diaryl/α,β-unsaturated/α-hetero) is 1. The Morgan fingerprint density at radius 2 is 1.77 bits per heavy atom. The summed E-state index contributed by atoms with van der Waals surface area (Å²) in [4.78, 5) is 36.2. The zero-order chi connectivity index (χ0) is 22.5. The smallest absolute Gasteiger partial charge is 0.347 e. The second-order valence-electron chi connectivity index (χ2n) is 8.54. The third-order valence-electron chi connectivity index (χ3n) is 5.67. The van der Waals surface area contributed by atoms with Gasteiger partial charge in [0.15, 0.2) is 10.9 Å². The van der Waals surface area contributed by atoms with Gasteiger partial charge in [0.1, 0.15) is 11.1 Å². The highest BCUT2D eigenvalue weighted by molar-refractivity contribution is 7.99. The Labute approximate surface area is 185 Å². The number of hydrogen-bond donors (Lipinski definition) is 0. The third kappa shape index (κ3) is 4.02. The van der Waals surface area contributed by atoms with Gasteiger partial charge in [-0.25, -0.2) is 14.8 Å². The van der Waals surface area contributed by atoms with E-state index in [1.54, 1.807) is 6.07 Å². The fraction of sp³-hybridized carbons (Fsp3) is 0.333. The molecule has 0 spiro atoms. The molecule has 0 atom stereocenters. The standard InChI is InChI=1S/C24H25N3O3S/c1-13-11-24(4,5)27(6)19-10-21-16(8-17(13)19)9-18(22(29)30-21)20(28)12-31-23-25-14(2)7-15(3)26-23/h7-11H,12H2,1-6H3. The Bertz CT molecular complexity index is 1290. The number of aryl methyl sites for hydroxylation is 2. The number of allylic oxidation sites excluding steroid dienone is 1. The molecule has 1 aliphatic heterocycles. The Kier molecular flexibility index (Phi) is 5.25. The van der Waals surface area contributed by atoms with Crippen molar-refractivity contribution in [2.24, 2.45) is 0 Å². The second kappa shape index (κ2) is 7.64. The molecule has 0 saturated heterocycles. The van der Waals surface area contributed by atoms with Crippen LogP contribution < -0.4 is 10.5 Å². The summed E-state index contributed by atoms with van der Waals surface area (Å²) in [5, 5.41) is 1.26. The first-order chi connectivity index (χ1) is 14.5. The highest BCUT2D eigenvalue weighted by atomic mass is 32.2. The molecule has 0 amide bonds. The average molecular weight is 436 g/mol. The zero-order valence-corrected chi connectivity index (χ0v) is 19.4. The van der Waals surface area contributed by atoms with Crippen LogP contribution in [-0.4, -0.2) is 34.1 Å². The van der Waals surface area contributed by atoms with Crippen LogP contribution in [0.1, 0.15) is 48.1 Å². The molecule has 2 aromatic heterocycles. The number of rotatable bonds is 4. The predicted octanol–water partition coefficient (Wildman–Crippen LogP) is 4.81. The van der Waals surface area contributed by atoms with Gasteiger partial charge in [0.2, 0.25) is 0 Å². The van der Waals surface area contributed by atoms with Crippen molar-refractivity contribution in [2.75, 3.05) is 17.7 Å². The number of nitrogens with zero attached hydrogens (tertiary/aromatic N) is 3. The molecular formula is C24H25N3O3S. The van der Waals surface area contributed by atoms with Crippen LogP contribution >= 0.6 is 11.8 Å².